The molecular weight excluding hydrogens is 431 g/mol. The lowest BCUT2D eigenvalue weighted by Gasteiger charge is -2.32. The fraction of sp³-hybridized carbons (Fsp3) is 0.562. The van der Waals surface area contributed by atoms with Crippen LogP contribution < -0.4 is 4.74 Å². The van der Waals surface area contributed by atoms with Crippen molar-refractivity contribution in [2.75, 3.05) is 11.9 Å². The van der Waals surface area contributed by atoms with Crippen LogP contribution in [0.3, 0.4) is 0 Å². The second-order valence-corrected chi connectivity index (χ2v) is 6.91. The highest BCUT2D eigenvalue weighted by Crippen LogP contribution is 2.54. The number of carboxylic acids is 1. The number of hydrogen-bond acceptors (Lipinski definition) is 3. The van der Waals surface area contributed by atoms with E-state index in [0.717, 1.165) is 26.0 Å². The van der Waals surface area contributed by atoms with Crippen molar-refractivity contribution in [2.45, 2.75) is 37.6 Å². The second kappa shape index (κ2) is 7.30. The second-order valence-electron chi connectivity index (χ2n) is 6.11. The molecule has 0 radical (unpaired) electrons. The summed E-state index contributed by atoms with van der Waals surface area (Å²) in [6, 6.07) is 1.76. The van der Waals surface area contributed by atoms with Crippen LogP contribution in [0.4, 0.5) is 22.0 Å². The van der Waals surface area contributed by atoms with Crippen molar-refractivity contribution in [1.29, 1.82) is 0 Å². The molecule has 4 atom stereocenters. The minimum absolute atomic E-state index is 0.0936. The normalized spacial score (nSPS) is 29.0. The van der Waals surface area contributed by atoms with Crippen LogP contribution in [0.1, 0.15) is 25.3 Å². The molecule has 1 aliphatic rings. The average molecular weight is 447 g/mol. The van der Waals surface area contributed by atoms with Crippen molar-refractivity contribution in [3.05, 3.63) is 29.3 Å². The van der Waals surface area contributed by atoms with E-state index >= 15 is 0 Å². The third-order valence-corrected chi connectivity index (χ3v) is 5.00. The van der Waals surface area contributed by atoms with E-state index in [9.17, 15) is 31.9 Å². The van der Waals surface area contributed by atoms with Crippen LogP contribution in [0.2, 0.25) is 0 Å². The molecule has 0 aromatic heterocycles. The zero-order chi connectivity index (χ0) is 19.9. The number of alkyl halides is 4. The Hall–Kier alpha value is -1.42. The van der Waals surface area contributed by atoms with Gasteiger partial charge in [0.15, 0.2) is 23.3 Å². The first kappa shape index (κ1) is 20.9. The van der Waals surface area contributed by atoms with Crippen molar-refractivity contribution < 1.29 is 41.3 Å². The number of carboxylic acid groups (broad SMARTS) is 1. The molecule has 1 N–H and O–H groups in total. The molecule has 0 bridgehead atoms. The van der Waals surface area contributed by atoms with E-state index in [-0.39, 0.29) is 17.5 Å². The van der Waals surface area contributed by atoms with Gasteiger partial charge in [0, 0.05) is 22.7 Å². The first-order valence-electron chi connectivity index (χ1n) is 7.59. The topological polar surface area (TPSA) is 55.8 Å². The first-order chi connectivity index (χ1) is 12.0. The highest BCUT2D eigenvalue weighted by atomic mass is 79.9. The number of hydrogen-bond donors (Lipinski definition) is 1. The van der Waals surface area contributed by atoms with Gasteiger partial charge in [-0.1, -0.05) is 28.9 Å². The van der Waals surface area contributed by atoms with Crippen LogP contribution in [-0.2, 0) is 9.53 Å². The van der Waals surface area contributed by atoms with Gasteiger partial charge in [-0.2, -0.15) is 17.6 Å². The highest BCUT2D eigenvalue weighted by molar-refractivity contribution is 9.09. The lowest BCUT2D eigenvalue weighted by atomic mass is 9.77. The predicted octanol–water partition coefficient (Wildman–Crippen LogP) is 4.26. The number of ether oxygens (including phenoxy) is 2. The number of halogens is 6. The third kappa shape index (κ3) is 3.40. The van der Waals surface area contributed by atoms with E-state index in [4.69, 9.17) is 9.47 Å². The molecule has 1 heterocycles. The molecule has 0 amide bonds. The number of benzene rings is 1. The average Bonchev–Trinajstić information content (AvgIpc) is 2.82. The van der Waals surface area contributed by atoms with Crippen LogP contribution in [0.5, 0.6) is 5.75 Å². The van der Waals surface area contributed by atoms with E-state index in [1.54, 1.807) is 0 Å². The van der Waals surface area contributed by atoms with Crippen molar-refractivity contribution in [2.24, 2.45) is 5.92 Å². The summed E-state index contributed by atoms with van der Waals surface area (Å²) in [5.74, 6) is -7.66. The smallest absolute Gasteiger partial charge is 0.417 e. The molecule has 26 heavy (non-hydrogen) atoms. The van der Waals surface area contributed by atoms with Crippen LogP contribution in [0.25, 0.3) is 0 Å². The Morgan fingerprint density at radius 2 is 2.00 bits per heavy atom. The van der Waals surface area contributed by atoms with Crippen molar-refractivity contribution in [3.8, 4) is 5.75 Å². The Balaban J connectivity index is 2.61. The van der Waals surface area contributed by atoms with E-state index in [1.807, 2.05) is 0 Å². The van der Waals surface area contributed by atoms with Gasteiger partial charge < -0.3 is 14.6 Å². The summed E-state index contributed by atoms with van der Waals surface area (Å²) < 4.78 is 78.2. The largest absolute Gasteiger partial charge is 0.489 e. The number of carbonyl (C=O) groups is 1. The Morgan fingerprint density at radius 1 is 1.38 bits per heavy atom. The summed E-state index contributed by atoms with van der Waals surface area (Å²) in [6.45, 7) is 1.81. The lowest BCUT2D eigenvalue weighted by molar-refractivity contribution is -0.273. The standard InChI is InChI=1S/C16H16BrF5O4/c1-7-10(13(14(23)24)26-15(7,2)16(20,21)22)8-3-4-9(18)11(19)12(8)25-6-5-17/h3-4,7,10,13H,5-6H2,1-2H3,(H,23,24). The van der Waals surface area contributed by atoms with Crippen molar-refractivity contribution >= 4 is 21.9 Å². The fourth-order valence-electron chi connectivity index (χ4n) is 3.11. The maximum Gasteiger partial charge on any atom is 0.417 e. The molecule has 146 valence electrons. The fourth-order valence-corrected chi connectivity index (χ4v) is 3.27. The van der Waals surface area contributed by atoms with E-state index in [2.05, 4.69) is 15.9 Å². The number of rotatable bonds is 5. The molecular formula is C16H16BrF5O4. The third-order valence-electron chi connectivity index (χ3n) is 4.67. The van der Waals surface area contributed by atoms with Crippen LogP contribution in [-0.4, -0.2) is 40.9 Å². The van der Waals surface area contributed by atoms with Crippen LogP contribution in [0, 0.1) is 17.6 Å². The summed E-state index contributed by atoms with van der Waals surface area (Å²) in [4.78, 5) is 11.5. The van der Waals surface area contributed by atoms with Gasteiger partial charge in [0.1, 0.15) is 0 Å². The van der Waals surface area contributed by atoms with Gasteiger partial charge in [-0.3, -0.25) is 0 Å². The molecule has 1 aliphatic heterocycles. The Bertz CT molecular complexity index is 696. The van der Waals surface area contributed by atoms with Gasteiger partial charge in [-0.05, 0) is 13.0 Å². The molecule has 1 saturated heterocycles. The van der Waals surface area contributed by atoms with E-state index < -0.39 is 53.1 Å². The summed E-state index contributed by atoms with van der Waals surface area (Å²) in [5, 5.41) is 9.59. The Labute approximate surface area is 154 Å². The van der Waals surface area contributed by atoms with Crippen LogP contribution in [0.15, 0.2) is 12.1 Å². The van der Waals surface area contributed by atoms with E-state index in [1.165, 1.54) is 0 Å². The minimum Gasteiger partial charge on any atom is -0.489 e. The Morgan fingerprint density at radius 3 is 2.50 bits per heavy atom. The number of aliphatic carboxylic acids is 1. The monoisotopic (exact) mass is 446 g/mol. The van der Waals surface area contributed by atoms with Gasteiger partial charge in [0.05, 0.1) is 6.61 Å². The zero-order valence-corrected chi connectivity index (χ0v) is 15.3. The van der Waals surface area contributed by atoms with Crippen molar-refractivity contribution in [3.63, 3.8) is 0 Å². The molecule has 2 rings (SSSR count). The zero-order valence-electron chi connectivity index (χ0n) is 13.7. The lowest BCUT2D eigenvalue weighted by Crippen LogP contribution is -2.47. The van der Waals surface area contributed by atoms with Gasteiger partial charge in [0.2, 0.25) is 5.82 Å². The quantitative estimate of drug-likeness (QED) is 0.542. The van der Waals surface area contributed by atoms with Gasteiger partial charge >= 0.3 is 12.1 Å². The van der Waals surface area contributed by atoms with Gasteiger partial charge in [-0.15, -0.1) is 0 Å². The first-order valence-corrected chi connectivity index (χ1v) is 8.71. The molecule has 1 aromatic carbocycles. The maximum absolute atomic E-state index is 14.2. The van der Waals surface area contributed by atoms with Crippen molar-refractivity contribution in [1.82, 2.24) is 0 Å². The molecule has 0 saturated carbocycles. The molecule has 1 aromatic rings. The molecule has 4 nitrogen and oxygen atoms in total. The van der Waals surface area contributed by atoms with E-state index in [0.29, 0.717) is 0 Å². The molecule has 1 fully saturated rings. The summed E-state index contributed by atoms with van der Waals surface area (Å²) in [7, 11) is 0. The summed E-state index contributed by atoms with van der Waals surface area (Å²) in [5.41, 5.74) is -2.95. The van der Waals surface area contributed by atoms with Gasteiger partial charge in [-0.25, -0.2) is 9.18 Å². The maximum atomic E-state index is 14.2. The summed E-state index contributed by atoms with van der Waals surface area (Å²) >= 11 is 3.04. The molecule has 4 unspecified atom stereocenters. The SMILES string of the molecule is CC1C(c2ccc(F)c(F)c2OCCBr)C(C(=O)O)OC1(C)C(F)(F)F. The van der Waals surface area contributed by atoms with Gasteiger partial charge in [0.25, 0.3) is 0 Å². The summed E-state index contributed by atoms with van der Waals surface area (Å²) in [6.07, 6.45) is -6.75. The molecule has 10 heteroatoms. The Kier molecular flexibility index (Phi) is 5.86. The predicted molar refractivity (Wildman–Crippen MR) is 84.5 cm³/mol. The molecule has 0 aliphatic carbocycles. The van der Waals surface area contributed by atoms with Crippen LogP contribution >= 0.6 is 15.9 Å². The molecule has 0 spiro atoms. The highest BCUT2D eigenvalue weighted by Gasteiger charge is 2.66. The minimum atomic E-state index is -4.86.